The van der Waals surface area contributed by atoms with Crippen molar-refractivity contribution >= 4 is 103 Å². The third kappa shape index (κ3) is 4.59. The van der Waals surface area contributed by atoms with Crippen molar-refractivity contribution in [3.05, 3.63) is 68.7 Å². The molecule has 0 aliphatic heterocycles. The van der Waals surface area contributed by atoms with Gasteiger partial charge in [0.15, 0.2) is 5.66 Å². The standard InChI is InChI=1S/C20H15Cl7N2O3S/c1-10-3-8-14(11(2)9-10)28-19(29-33(31,32)13-6-4-12(21)5-7-13)16(23)15(22)17(30)18(24,25)20(19,26)27/h3-9,28-29H,1-2H3. The summed E-state index contributed by atoms with van der Waals surface area (Å²) in [6.07, 6.45) is 0. The number of anilines is 1. The van der Waals surface area contributed by atoms with Crippen LogP contribution in [-0.2, 0) is 14.8 Å². The summed E-state index contributed by atoms with van der Waals surface area (Å²) < 4.78 is 23.9. The number of hydrogen-bond donors (Lipinski definition) is 2. The van der Waals surface area contributed by atoms with E-state index in [2.05, 4.69) is 10.0 Å². The predicted molar refractivity (Wildman–Crippen MR) is 137 cm³/mol. The summed E-state index contributed by atoms with van der Waals surface area (Å²) in [5.74, 6) is -1.09. The Balaban J connectivity index is 2.31. The highest BCUT2D eigenvalue weighted by molar-refractivity contribution is 7.89. The first-order chi connectivity index (χ1) is 15.1. The maximum atomic E-state index is 13.4. The molecule has 0 fully saturated rings. The van der Waals surface area contributed by atoms with E-state index >= 15 is 0 Å². The molecule has 2 aromatic carbocycles. The molecule has 0 radical (unpaired) electrons. The van der Waals surface area contributed by atoms with Gasteiger partial charge in [-0.1, -0.05) is 98.9 Å². The molecule has 0 saturated heterocycles. The average Bonchev–Trinajstić information content (AvgIpc) is 2.72. The molecule has 1 unspecified atom stereocenters. The Morgan fingerprint density at radius 3 is 2.00 bits per heavy atom. The second-order valence-electron chi connectivity index (χ2n) is 7.36. The van der Waals surface area contributed by atoms with Gasteiger partial charge in [0.1, 0.15) is 5.03 Å². The third-order valence-corrected chi connectivity index (χ3v) is 10.1. The molecule has 2 N–H and O–H groups in total. The van der Waals surface area contributed by atoms with Crippen LogP contribution in [0.5, 0.6) is 0 Å². The van der Waals surface area contributed by atoms with Crippen molar-refractivity contribution in [2.24, 2.45) is 0 Å². The van der Waals surface area contributed by atoms with Gasteiger partial charge in [-0.25, -0.2) is 8.42 Å². The van der Waals surface area contributed by atoms with E-state index in [9.17, 15) is 13.2 Å². The smallest absolute Gasteiger partial charge is 0.242 e. The van der Waals surface area contributed by atoms with Gasteiger partial charge in [0.05, 0.1) is 9.93 Å². The lowest BCUT2D eigenvalue weighted by Crippen LogP contribution is -2.73. The average molecular weight is 612 g/mol. The van der Waals surface area contributed by atoms with Crippen molar-refractivity contribution < 1.29 is 13.2 Å². The van der Waals surface area contributed by atoms with E-state index in [1.165, 1.54) is 24.3 Å². The quantitative estimate of drug-likeness (QED) is 0.293. The number of sulfonamides is 1. The van der Waals surface area contributed by atoms with Gasteiger partial charge in [0.25, 0.3) is 0 Å². The molecule has 0 heterocycles. The minimum Gasteiger partial charge on any atom is -0.359 e. The Labute approximate surface area is 226 Å². The maximum absolute atomic E-state index is 13.4. The lowest BCUT2D eigenvalue weighted by atomic mass is 9.91. The molecule has 0 aromatic heterocycles. The first-order valence-electron chi connectivity index (χ1n) is 9.08. The minimum atomic E-state index is -4.42. The molecule has 1 atom stereocenters. The fourth-order valence-electron chi connectivity index (χ4n) is 3.22. The molecule has 0 bridgehead atoms. The van der Waals surface area contributed by atoms with Crippen molar-refractivity contribution in [2.75, 3.05) is 5.32 Å². The van der Waals surface area contributed by atoms with Crippen LogP contribution in [0.3, 0.4) is 0 Å². The van der Waals surface area contributed by atoms with E-state index in [0.717, 1.165) is 5.56 Å². The number of alkyl halides is 4. The maximum Gasteiger partial charge on any atom is 0.242 e. The highest BCUT2D eigenvalue weighted by atomic mass is 35.5. The highest BCUT2D eigenvalue weighted by Crippen LogP contribution is 2.59. The number of ketones is 1. The van der Waals surface area contributed by atoms with E-state index in [1.54, 1.807) is 19.1 Å². The van der Waals surface area contributed by atoms with Crippen LogP contribution in [0.2, 0.25) is 5.02 Å². The largest absolute Gasteiger partial charge is 0.359 e. The normalized spacial score (nSPS) is 22.4. The summed E-state index contributed by atoms with van der Waals surface area (Å²) in [6.45, 7) is 3.62. The predicted octanol–water partition coefficient (Wildman–Crippen LogP) is 6.66. The van der Waals surface area contributed by atoms with Gasteiger partial charge in [-0.3, -0.25) is 4.79 Å². The van der Waals surface area contributed by atoms with Gasteiger partial charge in [-0.15, -0.1) is 0 Å². The number of hydrogen-bond acceptors (Lipinski definition) is 4. The summed E-state index contributed by atoms with van der Waals surface area (Å²) in [5, 5.41) is 2.02. The van der Waals surface area contributed by atoms with Gasteiger partial charge in [0.2, 0.25) is 24.5 Å². The van der Waals surface area contributed by atoms with Gasteiger partial charge in [-0.05, 0) is 49.7 Å². The number of carbonyl (C=O) groups excluding carboxylic acids is 1. The zero-order valence-corrected chi connectivity index (χ0v) is 22.9. The molecule has 178 valence electrons. The van der Waals surface area contributed by atoms with Crippen molar-refractivity contribution in [1.82, 2.24) is 4.72 Å². The van der Waals surface area contributed by atoms with Crippen LogP contribution >= 0.6 is 81.2 Å². The van der Waals surface area contributed by atoms with Gasteiger partial charge >= 0.3 is 0 Å². The van der Waals surface area contributed by atoms with Crippen molar-refractivity contribution in [2.45, 2.75) is 33.1 Å². The molecule has 0 saturated carbocycles. The Morgan fingerprint density at radius 1 is 0.879 bits per heavy atom. The molecule has 33 heavy (non-hydrogen) atoms. The van der Waals surface area contributed by atoms with Crippen LogP contribution in [0.15, 0.2) is 57.4 Å². The van der Waals surface area contributed by atoms with E-state index in [4.69, 9.17) is 81.2 Å². The molecule has 0 amide bonds. The second-order valence-corrected chi connectivity index (χ2v) is 12.9. The molecule has 5 nitrogen and oxygen atoms in total. The van der Waals surface area contributed by atoms with Crippen LogP contribution in [0.25, 0.3) is 0 Å². The van der Waals surface area contributed by atoms with E-state index < -0.39 is 40.2 Å². The number of benzene rings is 2. The fourth-order valence-corrected chi connectivity index (χ4v) is 6.65. The number of halogens is 7. The lowest BCUT2D eigenvalue weighted by Gasteiger charge is -2.51. The van der Waals surface area contributed by atoms with Crippen LogP contribution in [-0.4, -0.2) is 28.5 Å². The zero-order chi connectivity index (χ0) is 25.0. The first kappa shape index (κ1) is 27.2. The molecule has 3 rings (SSSR count). The summed E-state index contributed by atoms with van der Waals surface area (Å²) in [4.78, 5) is 12.5. The number of nitrogens with one attached hydrogen (secondary N) is 2. The Bertz CT molecular complexity index is 1260. The van der Waals surface area contributed by atoms with Crippen LogP contribution in [0, 0.1) is 13.8 Å². The second kappa shape index (κ2) is 9.23. The number of aryl methyl sites for hydroxylation is 2. The number of Topliss-reactive ketones (excluding diaryl/α,β-unsaturated/α-hetero) is 1. The summed E-state index contributed by atoms with van der Waals surface area (Å²) in [7, 11) is -4.42. The van der Waals surface area contributed by atoms with E-state index in [0.29, 0.717) is 16.3 Å². The molecule has 1 aliphatic rings. The minimum absolute atomic E-state index is 0.204. The lowest BCUT2D eigenvalue weighted by molar-refractivity contribution is -0.116. The molecule has 13 heteroatoms. The van der Waals surface area contributed by atoms with E-state index in [1.807, 2.05) is 13.0 Å². The van der Waals surface area contributed by atoms with E-state index in [-0.39, 0.29) is 4.90 Å². The summed E-state index contributed by atoms with van der Waals surface area (Å²) >= 11 is 44.2. The molecular weight excluding hydrogens is 596 g/mol. The van der Waals surface area contributed by atoms with Crippen LogP contribution in [0.1, 0.15) is 11.1 Å². The third-order valence-electron chi connectivity index (χ3n) is 4.99. The molecule has 2 aromatic rings. The van der Waals surface area contributed by atoms with Gasteiger partial charge in [0, 0.05) is 10.7 Å². The topological polar surface area (TPSA) is 75.3 Å². The van der Waals surface area contributed by atoms with Crippen molar-refractivity contribution in [3.8, 4) is 0 Å². The van der Waals surface area contributed by atoms with Crippen LogP contribution in [0.4, 0.5) is 5.69 Å². The number of carbonyl (C=O) groups is 1. The number of rotatable bonds is 5. The summed E-state index contributed by atoms with van der Waals surface area (Å²) in [6, 6.07) is 10.5. The highest BCUT2D eigenvalue weighted by Gasteiger charge is 2.71. The Hall–Kier alpha value is -0.410. The number of allylic oxidation sites excluding steroid dienone is 1. The molecule has 0 spiro atoms. The summed E-state index contributed by atoms with van der Waals surface area (Å²) in [5.41, 5.74) is -0.396. The van der Waals surface area contributed by atoms with Gasteiger partial charge < -0.3 is 5.32 Å². The first-order valence-corrected chi connectivity index (χ1v) is 13.2. The van der Waals surface area contributed by atoms with Gasteiger partial charge in [-0.2, -0.15) is 4.72 Å². The fraction of sp³-hybridized carbons (Fsp3) is 0.250. The molecular formula is C20H15Cl7N2O3S. The Kier molecular flexibility index (Phi) is 7.60. The van der Waals surface area contributed by atoms with Crippen LogP contribution < -0.4 is 10.0 Å². The van der Waals surface area contributed by atoms with Crippen molar-refractivity contribution in [3.63, 3.8) is 0 Å². The monoisotopic (exact) mass is 608 g/mol. The molecule has 1 aliphatic carbocycles. The van der Waals surface area contributed by atoms with Crippen molar-refractivity contribution in [1.29, 1.82) is 0 Å². The zero-order valence-electron chi connectivity index (χ0n) is 16.8. The Morgan fingerprint density at radius 2 is 1.45 bits per heavy atom. The SMILES string of the molecule is Cc1ccc(NC2(NS(=O)(=O)c3ccc(Cl)cc3)C(Cl)=C(Cl)C(=O)C(Cl)(Cl)C2(Cl)Cl)c(C)c1.